The summed E-state index contributed by atoms with van der Waals surface area (Å²) in [6.07, 6.45) is 65.8. The molecule has 0 fully saturated rings. The first-order valence-corrected chi connectivity index (χ1v) is 31.0. The zero-order valence-electron chi connectivity index (χ0n) is 46.4. The van der Waals surface area contributed by atoms with Crippen LogP contribution in [0.15, 0.2) is 0 Å². The number of esters is 3. The Labute approximate surface area is 425 Å². The van der Waals surface area contributed by atoms with Crippen molar-refractivity contribution in [3.05, 3.63) is 0 Å². The van der Waals surface area contributed by atoms with Crippen LogP contribution in [0.4, 0.5) is 0 Å². The lowest BCUT2D eigenvalue weighted by molar-refractivity contribution is -0.167. The van der Waals surface area contributed by atoms with Gasteiger partial charge in [-0.05, 0) is 19.3 Å². The first kappa shape index (κ1) is 66.4. The highest BCUT2D eigenvalue weighted by Gasteiger charge is 2.19. The van der Waals surface area contributed by atoms with Gasteiger partial charge in [-0.2, -0.15) is 0 Å². The van der Waals surface area contributed by atoms with Crippen LogP contribution < -0.4 is 0 Å². The molecule has 0 rings (SSSR count). The summed E-state index contributed by atoms with van der Waals surface area (Å²) in [6.45, 7) is 6.65. The first-order valence-electron chi connectivity index (χ1n) is 31.0. The van der Waals surface area contributed by atoms with Gasteiger partial charge in [0.25, 0.3) is 0 Å². The van der Waals surface area contributed by atoms with Gasteiger partial charge in [-0.1, -0.05) is 323 Å². The molecule has 0 aromatic carbocycles. The van der Waals surface area contributed by atoms with Crippen molar-refractivity contribution < 1.29 is 28.6 Å². The van der Waals surface area contributed by atoms with Gasteiger partial charge in [0.1, 0.15) is 13.2 Å². The van der Waals surface area contributed by atoms with Crippen LogP contribution in [-0.2, 0) is 28.6 Å². The molecule has 0 saturated carbocycles. The molecule has 0 amide bonds. The lowest BCUT2D eigenvalue weighted by Crippen LogP contribution is -2.30. The van der Waals surface area contributed by atoms with Crippen molar-refractivity contribution in [1.82, 2.24) is 0 Å². The summed E-state index contributed by atoms with van der Waals surface area (Å²) in [7, 11) is 0. The Hall–Kier alpha value is -1.59. The highest BCUT2D eigenvalue weighted by molar-refractivity contribution is 5.71. The average Bonchev–Trinajstić information content (AvgIpc) is 3.34. The molecule has 1 unspecified atom stereocenters. The van der Waals surface area contributed by atoms with Crippen LogP contribution in [0.25, 0.3) is 0 Å². The first-order chi connectivity index (χ1) is 33.5. The van der Waals surface area contributed by atoms with Crippen LogP contribution in [0.5, 0.6) is 0 Å². The molecule has 0 aliphatic rings. The molecule has 0 heterocycles. The Bertz CT molecular complexity index is 1010. The number of rotatable bonds is 58. The van der Waals surface area contributed by atoms with Crippen molar-refractivity contribution >= 4 is 17.9 Å². The molecular formula is C62H120O6. The van der Waals surface area contributed by atoms with Crippen molar-refractivity contribution in [3.63, 3.8) is 0 Å². The SMILES string of the molecule is CCCCCCCCCCCCCCCCCCCCCCCCCCCCCC(=O)OCC(COC(=O)CCCCCCCC)OC(=O)CCCCCCCCCCCCCCCCCCC. The van der Waals surface area contributed by atoms with Gasteiger partial charge in [0.05, 0.1) is 0 Å². The van der Waals surface area contributed by atoms with Crippen LogP contribution in [0.2, 0.25) is 0 Å². The third-order valence-electron chi connectivity index (χ3n) is 14.4. The van der Waals surface area contributed by atoms with E-state index in [0.29, 0.717) is 19.3 Å². The highest BCUT2D eigenvalue weighted by Crippen LogP contribution is 2.18. The second-order valence-electron chi connectivity index (χ2n) is 21.3. The predicted octanol–water partition coefficient (Wildman–Crippen LogP) is 20.7. The second-order valence-corrected chi connectivity index (χ2v) is 21.3. The van der Waals surface area contributed by atoms with E-state index < -0.39 is 6.10 Å². The second kappa shape index (κ2) is 58.0. The van der Waals surface area contributed by atoms with E-state index in [0.717, 1.165) is 57.8 Å². The van der Waals surface area contributed by atoms with Crippen molar-refractivity contribution in [2.75, 3.05) is 13.2 Å². The Balaban J connectivity index is 3.98. The normalized spacial score (nSPS) is 11.9. The number of carbonyl (C=O) groups excluding carboxylic acids is 3. The molecule has 0 aliphatic heterocycles. The topological polar surface area (TPSA) is 78.9 Å². The summed E-state index contributed by atoms with van der Waals surface area (Å²) in [4.78, 5) is 37.9. The van der Waals surface area contributed by atoms with Gasteiger partial charge in [0.2, 0.25) is 0 Å². The number of hydrogen-bond donors (Lipinski definition) is 0. The molecule has 6 heteroatoms. The maximum Gasteiger partial charge on any atom is 0.306 e. The lowest BCUT2D eigenvalue weighted by atomic mass is 10.0. The molecule has 6 nitrogen and oxygen atoms in total. The molecule has 0 spiro atoms. The van der Waals surface area contributed by atoms with Crippen molar-refractivity contribution in [3.8, 4) is 0 Å². The number of carbonyl (C=O) groups is 3. The van der Waals surface area contributed by atoms with E-state index in [9.17, 15) is 14.4 Å². The van der Waals surface area contributed by atoms with Gasteiger partial charge in [-0.3, -0.25) is 14.4 Å². The molecule has 0 aromatic rings. The predicted molar refractivity (Wildman–Crippen MR) is 294 cm³/mol. The molecule has 0 radical (unpaired) electrons. The van der Waals surface area contributed by atoms with Gasteiger partial charge in [-0.15, -0.1) is 0 Å². The fraction of sp³-hybridized carbons (Fsp3) is 0.952. The standard InChI is InChI=1S/C62H120O6/c1-4-7-10-13-16-18-20-22-24-26-27-28-29-30-31-32-33-34-35-37-38-40-42-44-46-49-52-55-61(64)67-58-59(57-66-60(63)54-51-48-15-12-9-6-3)68-62(65)56-53-50-47-45-43-41-39-36-25-23-21-19-17-14-11-8-5-2/h59H,4-58H2,1-3H3. The fourth-order valence-electron chi connectivity index (χ4n) is 9.68. The van der Waals surface area contributed by atoms with Crippen molar-refractivity contribution in [2.24, 2.45) is 0 Å². The number of unbranched alkanes of at least 4 members (excludes halogenated alkanes) is 47. The molecule has 404 valence electrons. The minimum absolute atomic E-state index is 0.0621. The van der Waals surface area contributed by atoms with E-state index in [1.54, 1.807) is 0 Å². The van der Waals surface area contributed by atoms with Crippen molar-refractivity contribution in [2.45, 2.75) is 367 Å². The Morgan fingerprint density at radius 3 is 0.588 bits per heavy atom. The summed E-state index contributed by atoms with van der Waals surface area (Å²) in [5.41, 5.74) is 0. The third kappa shape index (κ3) is 55.3. The molecule has 68 heavy (non-hydrogen) atoms. The molecule has 0 aromatic heterocycles. The van der Waals surface area contributed by atoms with Gasteiger partial charge >= 0.3 is 17.9 Å². The Kier molecular flexibility index (Phi) is 56.6. The molecule has 1 atom stereocenters. The molecule has 0 saturated heterocycles. The maximum atomic E-state index is 12.8. The van der Waals surface area contributed by atoms with Crippen LogP contribution in [-0.4, -0.2) is 37.2 Å². The van der Waals surface area contributed by atoms with E-state index in [1.807, 2.05) is 0 Å². The number of hydrogen-bond acceptors (Lipinski definition) is 6. The van der Waals surface area contributed by atoms with Crippen LogP contribution in [0, 0.1) is 0 Å². The van der Waals surface area contributed by atoms with Gasteiger partial charge in [0, 0.05) is 19.3 Å². The molecular weight excluding hydrogens is 841 g/mol. The van der Waals surface area contributed by atoms with E-state index in [1.165, 1.54) is 263 Å². The zero-order valence-corrected chi connectivity index (χ0v) is 46.4. The lowest BCUT2D eigenvalue weighted by Gasteiger charge is -2.18. The Morgan fingerprint density at radius 2 is 0.397 bits per heavy atom. The smallest absolute Gasteiger partial charge is 0.306 e. The summed E-state index contributed by atoms with van der Waals surface area (Å²) >= 11 is 0. The average molecular weight is 962 g/mol. The summed E-state index contributed by atoms with van der Waals surface area (Å²) < 4.78 is 16.8. The summed E-state index contributed by atoms with van der Waals surface area (Å²) in [5, 5.41) is 0. The largest absolute Gasteiger partial charge is 0.462 e. The minimum Gasteiger partial charge on any atom is -0.462 e. The van der Waals surface area contributed by atoms with E-state index in [2.05, 4.69) is 20.8 Å². The quantitative estimate of drug-likeness (QED) is 0.0343. The maximum absolute atomic E-state index is 12.8. The molecule has 0 aliphatic carbocycles. The molecule has 0 N–H and O–H groups in total. The third-order valence-corrected chi connectivity index (χ3v) is 14.4. The molecule has 0 bridgehead atoms. The van der Waals surface area contributed by atoms with Gasteiger partial charge in [-0.25, -0.2) is 0 Å². The van der Waals surface area contributed by atoms with Crippen LogP contribution in [0.1, 0.15) is 361 Å². The number of ether oxygens (including phenoxy) is 3. The summed E-state index contributed by atoms with van der Waals surface area (Å²) in [6, 6.07) is 0. The van der Waals surface area contributed by atoms with E-state index in [4.69, 9.17) is 14.2 Å². The zero-order chi connectivity index (χ0) is 49.3. The van der Waals surface area contributed by atoms with Crippen LogP contribution >= 0.6 is 0 Å². The highest BCUT2D eigenvalue weighted by atomic mass is 16.6. The van der Waals surface area contributed by atoms with Gasteiger partial charge < -0.3 is 14.2 Å². The van der Waals surface area contributed by atoms with Gasteiger partial charge in [0.15, 0.2) is 6.10 Å². The van der Waals surface area contributed by atoms with Crippen LogP contribution in [0.3, 0.4) is 0 Å². The van der Waals surface area contributed by atoms with E-state index >= 15 is 0 Å². The van der Waals surface area contributed by atoms with Crippen molar-refractivity contribution in [1.29, 1.82) is 0 Å². The monoisotopic (exact) mass is 961 g/mol. The minimum atomic E-state index is -0.760. The fourth-order valence-corrected chi connectivity index (χ4v) is 9.68. The van der Waals surface area contributed by atoms with E-state index in [-0.39, 0.29) is 31.1 Å². The Morgan fingerprint density at radius 1 is 0.235 bits per heavy atom. The summed E-state index contributed by atoms with van der Waals surface area (Å²) in [5.74, 6) is -0.844.